The van der Waals surface area contributed by atoms with Gasteiger partial charge in [-0.3, -0.25) is 14.5 Å². The minimum Gasteiger partial charge on any atom is -0.455 e. The molecule has 0 bridgehead atoms. The van der Waals surface area contributed by atoms with Crippen molar-refractivity contribution in [3.63, 3.8) is 0 Å². The Morgan fingerprint density at radius 1 is 1.23 bits per heavy atom. The zero-order chi connectivity index (χ0) is 22.1. The Morgan fingerprint density at radius 2 is 2.03 bits per heavy atom. The first-order valence-electron chi connectivity index (χ1n) is 10.2. The summed E-state index contributed by atoms with van der Waals surface area (Å²) in [5.74, 6) is -3.45. The monoisotopic (exact) mass is 431 g/mol. The highest BCUT2D eigenvalue weighted by molar-refractivity contribution is 6.13. The molecule has 2 amide bonds. The van der Waals surface area contributed by atoms with Crippen LogP contribution in [-0.2, 0) is 6.54 Å². The first-order valence-corrected chi connectivity index (χ1v) is 10.2. The van der Waals surface area contributed by atoms with Gasteiger partial charge in [-0.25, -0.2) is 8.78 Å². The van der Waals surface area contributed by atoms with E-state index in [9.17, 15) is 18.4 Å². The molecule has 164 valence electrons. The fraction of sp³-hybridized carbons (Fsp3) is 0.364. The lowest BCUT2D eigenvalue weighted by molar-refractivity contribution is 0.0976. The molecule has 7 nitrogen and oxygen atoms in total. The molecule has 0 radical (unpaired) electrons. The van der Waals surface area contributed by atoms with Gasteiger partial charge in [-0.1, -0.05) is 13.3 Å². The lowest BCUT2D eigenvalue weighted by atomic mass is 10.00. The zero-order valence-corrected chi connectivity index (χ0v) is 17.0. The number of primary amides is 1. The van der Waals surface area contributed by atoms with Crippen molar-refractivity contribution in [3.05, 3.63) is 53.2 Å². The predicted molar refractivity (Wildman–Crippen MR) is 110 cm³/mol. The predicted octanol–water partition coefficient (Wildman–Crippen LogP) is 4.42. The van der Waals surface area contributed by atoms with Crippen LogP contribution >= 0.6 is 0 Å². The summed E-state index contributed by atoms with van der Waals surface area (Å²) in [4.78, 5) is 26.8. The fourth-order valence-corrected chi connectivity index (χ4v) is 4.11. The Kier molecular flexibility index (Phi) is 5.77. The standard InChI is InChI=1S/C22H23F2N3O4/c1-2-13-5-3-4-8-27(13)11-14-6-7-17(30-14)22(29)26-18-15-9-12(23)10-16(24)19(15)31-20(18)21(25)28/h6-7,9-10,13H,2-5,8,11H2,1H3,(H2,25,28)(H,26,29). The molecule has 1 saturated heterocycles. The summed E-state index contributed by atoms with van der Waals surface area (Å²) in [6.45, 7) is 3.71. The number of carbonyl (C=O) groups is 2. The first kappa shape index (κ1) is 21.0. The maximum absolute atomic E-state index is 14.0. The number of furan rings is 2. The lowest BCUT2D eigenvalue weighted by Crippen LogP contribution is -2.38. The van der Waals surface area contributed by atoms with E-state index in [0.29, 0.717) is 24.4 Å². The Balaban J connectivity index is 1.57. The molecular formula is C22H23F2N3O4. The van der Waals surface area contributed by atoms with Crippen LogP contribution in [0.1, 0.15) is 59.5 Å². The summed E-state index contributed by atoms with van der Waals surface area (Å²) in [6, 6.07) is 5.29. The van der Waals surface area contributed by atoms with E-state index in [0.717, 1.165) is 31.9 Å². The van der Waals surface area contributed by atoms with E-state index in [4.69, 9.17) is 14.6 Å². The topological polar surface area (TPSA) is 102 Å². The molecule has 3 N–H and O–H groups in total. The molecule has 1 aliphatic rings. The SMILES string of the molecule is CCC1CCCCN1Cc1ccc(C(=O)Nc2c(C(N)=O)oc3c(F)cc(F)cc23)o1. The third-order valence-corrected chi connectivity index (χ3v) is 5.64. The molecule has 3 aromatic rings. The number of piperidine rings is 1. The Labute approximate surface area is 177 Å². The molecule has 1 fully saturated rings. The molecule has 0 aliphatic carbocycles. The molecule has 0 saturated carbocycles. The highest BCUT2D eigenvalue weighted by Crippen LogP contribution is 2.33. The van der Waals surface area contributed by atoms with Crippen molar-refractivity contribution in [1.29, 1.82) is 0 Å². The van der Waals surface area contributed by atoms with E-state index in [-0.39, 0.29) is 22.4 Å². The second-order valence-electron chi connectivity index (χ2n) is 7.68. The molecule has 1 atom stereocenters. The van der Waals surface area contributed by atoms with Gasteiger partial charge >= 0.3 is 0 Å². The zero-order valence-electron chi connectivity index (χ0n) is 17.0. The van der Waals surface area contributed by atoms with Crippen molar-refractivity contribution >= 4 is 28.5 Å². The molecule has 9 heteroatoms. The van der Waals surface area contributed by atoms with Crippen LogP contribution in [0.5, 0.6) is 0 Å². The number of fused-ring (bicyclic) bond motifs is 1. The number of hydrogen-bond acceptors (Lipinski definition) is 5. The minimum absolute atomic E-state index is 0.00158. The number of amides is 2. The number of halogens is 2. The van der Waals surface area contributed by atoms with Gasteiger partial charge in [0.15, 0.2) is 17.2 Å². The maximum Gasteiger partial charge on any atom is 0.291 e. The van der Waals surface area contributed by atoms with Crippen molar-refractivity contribution in [2.24, 2.45) is 5.73 Å². The summed E-state index contributed by atoms with van der Waals surface area (Å²) in [7, 11) is 0. The summed E-state index contributed by atoms with van der Waals surface area (Å²) in [5, 5.41) is 2.34. The summed E-state index contributed by atoms with van der Waals surface area (Å²) >= 11 is 0. The maximum atomic E-state index is 14.0. The van der Waals surface area contributed by atoms with Crippen molar-refractivity contribution in [1.82, 2.24) is 4.90 Å². The number of rotatable bonds is 6. The number of hydrogen-bond donors (Lipinski definition) is 2. The molecule has 1 unspecified atom stereocenters. The summed E-state index contributed by atoms with van der Waals surface area (Å²) < 4.78 is 38.6. The van der Waals surface area contributed by atoms with Gasteiger partial charge in [-0.05, 0) is 44.0 Å². The van der Waals surface area contributed by atoms with Gasteiger partial charge in [0.05, 0.1) is 11.9 Å². The van der Waals surface area contributed by atoms with Crippen LogP contribution in [0.2, 0.25) is 0 Å². The number of nitrogens with one attached hydrogen (secondary N) is 1. The van der Waals surface area contributed by atoms with Gasteiger partial charge in [0.25, 0.3) is 11.8 Å². The highest BCUT2D eigenvalue weighted by Gasteiger charge is 2.26. The van der Waals surface area contributed by atoms with Crippen LogP contribution in [0.25, 0.3) is 11.0 Å². The number of likely N-dealkylation sites (tertiary alicyclic amines) is 1. The van der Waals surface area contributed by atoms with Crippen LogP contribution in [-0.4, -0.2) is 29.3 Å². The molecule has 3 heterocycles. The lowest BCUT2D eigenvalue weighted by Gasteiger charge is -2.34. The van der Waals surface area contributed by atoms with Gasteiger partial charge in [-0.15, -0.1) is 0 Å². The van der Waals surface area contributed by atoms with E-state index < -0.39 is 29.2 Å². The smallest absolute Gasteiger partial charge is 0.291 e. The number of carbonyl (C=O) groups excluding carboxylic acids is 2. The van der Waals surface area contributed by atoms with Crippen molar-refractivity contribution in [3.8, 4) is 0 Å². The molecule has 31 heavy (non-hydrogen) atoms. The molecule has 4 rings (SSSR count). The Morgan fingerprint density at radius 3 is 2.77 bits per heavy atom. The molecule has 2 aromatic heterocycles. The molecule has 1 aliphatic heterocycles. The average Bonchev–Trinajstić information content (AvgIpc) is 3.34. The molecular weight excluding hydrogens is 408 g/mol. The van der Waals surface area contributed by atoms with Crippen LogP contribution in [0, 0.1) is 11.6 Å². The van der Waals surface area contributed by atoms with Crippen LogP contribution in [0.4, 0.5) is 14.5 Å². The summed E-state index contributed by atoms with van der Waals surface area (Å²) in [6.07, 6.45) is 4.52. The van der Waals surface area contributed by atoms with Gasteiger partial charge in [0.1, 0.15) is 17.3 Å². The van der Waals surface area contributed by atoms with Gasteiger partial charge < -0.3 is 19.9 Å². The van der Waals surface area contributed by atoms with Gasteiger partial charge in [-0.2, -0.15) is 0 Å². The largest absolute Gasteiger partial charge is 0.455 e. The van der Waals surface area contributed by atoms with E-state index in [1.807, 2.05) is 0 Å². The highest BCUT2D eigenvalue weighted by atomic mass is 19.1. The van der Waals surface area contributed by atoms with E-state index in [2.05, 4.69) is 17.1 Å². The number of anilines is 1. The van der Waals surface area contributed by atoms with Crippen LogP contribution < -0.4 is 11.1 Å². The van der Waals surface area contributed by atoms with Crippen LogP contribution in [0.3, 0.4) is 0 Å². The third kappa shape index (κ3) is 4.18. The quantitative estimate of drug-likeness (QED) is 0.602. The van der Waals surface area contributed by atoms with Crippen molar-refractivity contribution in [2.45, 2.75) is 45.2 Å². The van der Waals surface area contributed by atoms with E-state index in [1.54, 1.807) is 6.07 Å². The van der Waals surface area contributed by atoms with Crippen LogP contribution in [0.15, 0.2) is 33.1 Å². The average molecular weight is 431 g/mol. The van der Waals surface area contributed by atoms with Gasteiger partial charge in [0, 0.05) is 12.1 Å². The van der Waals surface area contributed by atoms with E-state index in [1.165, 1.54) is 12.5 Å². The number of nitrogens with two attached hydrogens (primary N) is 1. The van der Waals surface area contributed by atoms with Gasteiger partial charge in [0.2, 0.25) is 5.76 Å². The Hall–Kier alpha value is -3.20. The second kappa shape index (κ2) is 8.50. The summed E-state index contributed by atoms with van der Waals surface area (Å²) in [5.41, 5.74) is 4.71. The second-order valence-corrected chi connectivity index (χ2v) is 7.68. The first-order chi connectivity index (χ1) is 14.9. The Bertz CT molecular complexity index is 1140. The molecule has 0 spiro atoms. The minimum atomic E-state index is -1.03. The fourth-order valence-electron chi connectivity index (χ4n) is 4.11. The number of nitrogens with zero attached hydrogens (tertiary/aromatic N) is 1. The molecule has 1 aromatic carbocycles. The third-order valence-electron chi connectivity index (χ3n) is 5.64. The normalized spacial score (nSPS) is 17.2. The van der Waals surface area contributed by atoms with Crippen molar-refractivity contribution < 1.29 is 27.2 Å². The van der Waals surface area contributed by atoms with Crippen molar-refractivity contribution in [2.75, 3.05) is 11.9 Å². The van der Waals surface area contributed by atoms with E-state index >= 15 is 0 Å². The number of benzene rings is 1.